The lowest BCUT2D eigenvalue weighted by molar-refractivity contribution is -0.384. The summed E-state index contributed by atoms with van der Waals surface area (Å²) in [5.74, 6) is 0.771. The van der Waals surface area contributed by atoms with Crippen LogP contribution in [0.2, 0.25) is 0 Å². The highest BCUT2D eigenvalue weighted by atomic mass is 32.1. The fourth-order valence-electron chi connectivity index (χ4n) is 1.36. The number of hydrogen-bond donors (Lipinski definition) is 4. The maximum Gasteiger partial charge on any atom is 0.269 e. The van der Waals surface area contributed by atoms with Gasteiger partial charge < -0.3 is 10.3 Å². The number of nitrogens with one attached hydrogen (secondary N) is 4. The van der Waals surface area contributed by atoms with Crippen LogP contribution < -0.4 is 16.2 Å². The second kappa shape index (κ2) is 5.83. The van der Waals surface area contributed by atoms with E-state index in [0.29, 0.717) is 10.8 Å². The van der Waals surface area contributed by atoms with E-state index in [1.807, 2.05) is 12.1 Å². The van der Waals surface area contributed by atoms with Crippen molar-refractivity contribution in [3.8, 4) is 0 Å². The summed E-state index contributed by atoms with van der Waals surface area (Å²) in [6.45, 7) is 0. The van der Waals surface area contributed by atoms with Crippen LogP contribution in [0, 0.1) is 10.1 Å². The molecule has 4 N–H and O–H groups in total. The van der Waals surface area contributed by atoms with Crippen LogP contribution in [0.5, 0.6) is 0 Å². The molecule has 2 rings (SSSR count). The smallest absolute Gasteiger partial charge is 0.269 e. The first-order chi connectivity index (χ1) is 9.15. The summed E-state index contributed by atoms with van der Waals surface area (Å²) in [5, 5.41) is 13.7. The zero-order chi connectivity index (χ0) is 13.7. The first-order valence-corrected chi connectivity index (χ1v) is 5.77. The van der Waals surface area contributed by atoms with E-state index in [9.17, 15) is 10.1 Å². The molecule has 1 aromatic carbocycles. The van der Waals surface area contributed by atoms with Crippen LogP contribution in [0.15, 0.2) is 42.6 Å². The van der Waals surface area contributed by atoms with Gasteiger partial charge in [-0.05, 0) is 36.5 Å². The van der Waals surface area contributed by atoms with Gasteiger partial charge in [-0.15, -0.1) is 0 Å². The lowest BCUT2D eigenvalue weighted by Gasteiger charge is -2.11. The van der Waals surface area contributed by atoms with Crippen LogP contribution in [-0.4, -0.2) is 15.0 Å². The molecular formula is C11H11N5O2S. The predicted octanol–water partition coefficient (Wildman–Crippen LogP) is 2.24. The molecule has 1 heterocycles. The maximum atomic E-state index is 10.5. The van der Waals surface area contributed by atoms with Gasteiger partial charge in [0.05, 0.1) is 4.92 Å². The van der Waals surface area contributed by atoms with Gasteiger partial charge in [0.15, 0.2) is 5.11 Å². The van der Waals surface area contributed by atoms with E-state index in [1.165, 1.54) is 12.1 Å². The number of hydrogen-bond acceptors (Lipinski definition) is 4. The number of nitrogens with zero attached hydrogens (tertiary/aromatic N) is 1. The zero-order valence-electron chi connectivity index (χ0n) is 9.71. The Labute approximate surface area is 114 Å². The molecule has 1 aromatic heterocycles. The fourth-order valence-corrected chi connectivity index (χ4v) is 1.53. The number of rotatable bonds is 4. The van der Waals surface area contributed by atoms with Crippen molar-refractivity contribution >= 4 is 34.5 Å². The van der Waals surface area contributed by atoms with Gasteiger partial charge in [0, 0.05) is 24.0 Å². The molecule has 0 saturated heterocycles. The Kier molecular flexibility index (Phi) is 3.94. The Morgan fingerprint density at radius 3 is 2.58 bits per heavy atom. The Bertz CT molecular complexity index is 567. The third-order valence-corrected chi connectivity index (χ3v) is 2.45. The van der Waals surface area contributed by atoms with Gasteiger partial charge in [0.2, 0.25) is 0 Å². The van der Waals surface area contributed by atoms with E-state index < -0.39 is 4.92 Å². The zero-order valence-corrected chi connectivity index (χ0v) is 10.5. The number of aromatic nitrogens is 1. The Hall–Kier alpha value is -2.61. The lowest BCUT2D eigenvalue weighted by Crippen LogP contribution is -2.33. The molecule has 0 amide bonds. The molecule has 19 heavy (non-hydrogen) atoms. The molecule has 0 unspecified atom stereocenters. The van der Waals surface area contributed by atoms with Crippen LogP contribution in [0.25, 0.3) is 0 Å². The summed E-state index contributed by atoms with van der Waals surface area (Å²) in [7, 11) is 0. The minimum absolute atomic E-state index is 0.0361. The van der Waals surface area contributed by atoms with Crippen molar-refractivity contribution in [2.45, 2.75) is 0 Å². The molecule has 0 bridgehead atoms. The highest BCUT2D eigenvalue weighted by molar-refractivity contribution is 7.80. The van der Waals surface area contributed by atoms with E-state index >= 15 is 0 Å². The number of thiocarbonyl (C=S) groups is 1. The number of H-pyrrole nitrogens is 1. The lowest BCUT2D eigenvalue weighted by atomic mass is 10.3. The SMILES string of the molecule is O=[N+]([O-])c1ccc(NC(=S)NNc2ccc[nH]2)cc1. The van der Waals surface area contributed by atoms with Gasteiger partial charge in [-0.2, -0.15) is 0 Å². The molecule has 98 valence electrons. The van der Waals surface area contributed by atoms with Gasteiger partial charge in [0.1, 0.15) is 5.82 Å². The molecule has 0 aliphatic heterocycles. The molecule has 0 fully saturated rings. The first kappa shape index (κ1) is 12.8. The number of hydrazine groups is 1. The second-order valence-corrected chi connectivity index (χ2v) is 4.00. The van der Waals surface area contributed by atoms with Crippen LogP contribution in [0.4, 0.5) is 17.2 Å². The monoisotopic (exact) mass is 277 g/mol. The summed E-state index contributed by atoms with van der Waals surface area (Å²) in [4.78, 5) is 13.0. The number of anilines is 2. The maximum absolute atomic E-state index is 10.5. The molecule has 2 aromatic rings. The van der Waals surface area contributed by atoms with Gasteiger partial charge in [-0.1, -0.05) is 0 Å². The summed E-state index contributed by atoms with van der Waals surface area (Å²) in [6.07, 6.45) is 1.77. The quantitative estimate of drug-likeness (QED) is 0.389. The van der Waals surface area contributed by atoms with Crippen molar-refractivity contribution in [3.63, 3.8) is 0 Å². The molecule has 0 spiro atoms. The highest BCUT2D eigenvalue weighted by Crippen LogP contribution is 2.15. The van der Waals surface area contributed by atoms with Crippen molar-refractivity contribution in [2.75, 3.05) is 10.7 Å². The van der Waals surface area contributed by atoms with Crippen molar-refractivity contribution < 1.29 is 4.92 Å². The van der Waals surface area contributed by atoms with E-state index in [2.05, 4.69) is 21.2 Å². The normalized spacial score (nSPS) is 9.68. The van der Waals surface area contributed by atoms with E-state index in [-0.39, 0.29) is 5.69 Å². The number of benzene rings is 1. The Balaban J connectivity index is 1.86. The summed E-state index contributed by atoms with van der Waals surface area (Å²) in [6, 6.07) is 9.66. The summed E-state index contributed by atoms with van der Waals surface area (Å²) in [5.41, 5.74) is 6.33. The average molecular weight is 277 g/mol. The minimum atomic E-state index is -0.451. The second-order valence-electron chi connectivity index (χ2n) is 3.59. The van der Waals surface area contributed by atoms with Gasteiger partial charge in [-0.25, -0.2) is 0 Å². The van der Waals surface area contributed by atoms with Crippen molar-refractivity contribution in [1.29, 1.82) is 0 Å². The van der Waals surface area contributed by atoms with Crippen molar-refractivity contribution in [2.24, 2.45) is 0 Å². The summed E-state index contributed by atoms with van der Waals surface area (Å²) < 4.78 is 0. The van der Waals surface area contributed by atoms with Crippen molar-refractivity contribution in [1.82, 2.24) is 10.4 Å². The van der Waals surface area contributed by atoms with Crippen LogP contribution in [0.1, 0.15) is 0 Å². The fraction of sp³-hybridized carbons (Fsp3) is 0. The third-order valence-electron chi connectivity index (χ3n) is 2.24. The number of aromatic amines is 1. The van der Waals surface area contributed by atoms with Gasteiger partial charge in [-0.3, -0.25) is 21.0 Å². The van der Waals surface area contributed by atoms with E-state index in [0.717, 1.165) is 5.82 Å². The number of nitro benzene ring substituents is 1. The minimum Gasteiger partial charge on any atom is -0.347 e. The Morgan fingerprint density at radius 1 is 1.26 bits per heavy atom. The third kappa shape index (κ3) is 3.68. The van der Waals surface area contributed by atoms with Crippen LogP contribution >= 0.6 is 12.2 Å². The molecule has 0 atom stereocenters. The Morgan fingerprint density at radius 2 is 2.00 bits per heavy atom. The number of non-ortho nitro benzene ring substituents is 1. The molecule has 0 saturated carbocycles. The summed E-state index contributed by atoms with van der Waals surface area (Å²) >= 11 is 5.06. The average Bonchev–Trinajstić information content (AvgIpc) is 2.90. The molecular weight excluding hydrogens is 266 g/mol. The van der Waals surface area contributed by atoms with Crippen LogP contribution in [-0.2, 0) is 0 Å². The van der Waals surface area contributed by atoms with Crippen LogP contribution in [0.3, 0.4) is 0 Å². The largest absolute Gasteiger partial charge is 0.347 e. The highest BCUT2D eigenvalue weighted by Gasteiger charge is 2.04. The standard InChI is InChI=1S/C11H11N5O2S/c17-16(18)9-5-3-8(4-6-9)13-11(19)15-14-10-2-1-7-12-10/h1-7,12,14H,(H2,13,15,19). The molecule has 7 nitrogen and oxygen atoms in total. The molecule has 0 radical (unpaired) electrons. The molecule has 8 heteroatoms. The topological polar surface area (TPSA) is 95.0 Å². The number of nitro groups is 1. The van der Waals surface area contributed by atoms with E-state index in [1.54, 1.807) is 18.3 Å². The van der Waals surface area contributed by atoms with Gasteiger partial charge >= 0.3 is 0 Å². The predicted molar refractivity (Wildman–Crippen MR) is 76.9 cm³/mol. The first-order valence-electron chi connectivity index (χ1n) is 5.36. The van der Waals surface area contributed by atoms with Gasteiger partial charge in [0.25, 0.3) is 5.69 Å². The van der Waals surface area contributed by atoms with E-state index in [4.69, 9.17) is 12.2 Å². The molecule has 0 aliphatic rings. The molecule has 0 aliphatic carbocycles. The van der Waals surface area contributed by atoms with Crippen molar-refractivity contribution in [3.05, 3.63) is 52.7 Å².